The van der Waals surface area contributed by atoms with Crippen LogP contribution in [0.5, 0.6) is 0 Å². The van der Waals surface area contributed by atoms with Crippen molar-refractivity contribution in [2.45, 2.75) is 33.2 Å². The summed E-state index contributed by atoms with van der Waals surface area (Å²) in [6.45, 7) is 7.97. The number of amides is 1. The summed E-state index contributed by atoms with van der Waals surface area (Å²) in [6, 6.07) is 24.6. The molecule has 4 aromatic rings. The van der Waals surface area contributed by atoms with E-state index in [9.17, 15) is 4.79 Å². The van der Waals surface area contributed by atoms with Gasteiger partial charge in [-0.3, -0.25) is 9.69 Å². The number of nitrogens with one attached hydrogen (secondary N) is 1. The minimum absolute atomic E-state index is 0.0726. The number of carbonyl (C=O) groups is 1. The van der Waals surface area contributed by atoms with Crippen LogP contribution in [-0.4, -0.2) is 40.6 Å². The lowest BCUT2D eigenvalue weighted by Crippen LogP contribution is -2.38. The highest BCUT2D eigenvalue weighted by Crippen LogP contribution is 2.28. The monoisotopic (exact) mass is 464 g/mol. The molecule has 0 atom stereocenters. The highest BCUT2D eigenvalue weighted by molar-refractivity contribution is 6.10. The van der Waals surface area contributed by atoms with E-state index < -0.39 is 0 Å². The molecule has 178 valence electrons. The van der Waals surface area contributed by atoms with Crippen molar-refractivity contribution < 1.29 is 4.79 Å². The number of hydrogen-bond donors (Lipinski definition) is 1. The zero-order chi connectivity index (χ0) is 24.2. The van der Waals surface area contributed by atoms with E-state index in [1.807, 2.05) is 55.5 Å². The number of carbonyl (C=O) groups excluding carboxylic acids is 1. The molecule has 5 heteroatoms. The molecule has 1 saturated heterocycles. The van der Waals surface area contributed by atoms with Crippen LogP contribution in [0.1, 0.15) is 39.9 Å². The number of fused-ring (bicyclic) bond motifs is 1. The predicted molar refractivity (Wildman–Crippen MR) is 141 cm³/mol. The molecule has 2 heterocycles. The van der Waals surface area contributed by atoms with Crippen molar-refractivity contribution in [1.82, 2.24) is 20.4 Å². The average molecular weight is 465 g/mol. The van der Waals surface area contributed by atoms with E-state index in [1.54, 1.807) is 0 Å². The van der Waals surface area contributed by atoms with E-state index in [-0.39, 0.29) is 5.91 Å². The van der Waals surface area contributed by atoms with Gasteiger partial charge in [0.15, 0.2) is 0 Å². The summed E-state index contributed by atoms with van der Waals surface area (Å²) in [5.74, 6) is 0.409. The Kier molecular flexibility index (Phi) is 6.87. The molecule has 1 amide bonds. The summed E-state index contributed by atoms with van der Waals surface area (Å²) in [4.78, 5) is 16.1. The number of likely N-dealkylation sites (tertiary alicyclic amines) is 1. The zero-order valence-corrected chi connectivity index (χ0v) is 20.5. The van der Waals surface area contributed by atoms with Crippen molar-refractivity contribution in [2.24, 2.45) is 5.92 Å². The molecule has 0 saturated carbocycles. The molecule has 1 fully saturated rings. The van der Waals surface area contributed by atoms with Crippen molar-refractivity contribution in [3.8, 4) is 11.3 Å². The van der Waals surface area contributed by atoms with Gasteiger partial charge >= 0.3 is 0 Å². The quantitative estimate of drug-likeness (QED) is 0.406. The van der Waals surface area contributed by atoms with E-state index in [1.165, 1.54) is 11.1 Å². The van der Waals surface area contributed by atoms with Crippen molar-refractivity contribution in [3.05, 3.63) is 95.1 Å². The first-order valence-electron chi connectivity index (χ1n) is 12.5. The number of nitrogens with zero attached hydrogens (tertiary/aromatic N) is 3. The number of hydrogen-bond acceptors (Lipinski definition) is 4. The van der Waals surface area contributed by atoms with Gasteiger partial charge in [-0.2, -0.15) is 0 Å². The molecule has 35 heavy (non-hydrogen) atoms. The third-order valence-electron chi connectivity index (χ3n) is 6.94. The van der Waals surface area contributed by atoms with E-state index in [2.05, 4.69) is 51.6 Å². The maximum Gasteiger partial charge on any atom is 0.254 e. The Hall–Kier alpha value is -3.57. The number of benzene rings is 3. The molecule has 5 nitrogen and oxygen atoms in total. The summed E-state index contributed by atoms with van der Waals surface area (Å²) in [7, 11) is 0. The highest BCUT2D eigenvalue weighted by Gasteiger charge is 2.23. The SMILES string of the molecule is Cc1cccc(CN2CCC(CNC(=O)c3c(-c4ccccc4)nnc4ccc(C)cc34)CC2)c1. The van der Waals surface area contributed by atoms with E-state index in [0.717, 1.165) is 54.5 Å². The minimum Gasteiger partial charge on any atom is -0.352 e. The Labute approximate surface area is 207 Å². The maximum atomic E-state index is 13.6. The van der Waals surface area contributed by atoms with Gasteiger partial charge in [-0.25, -0.2) is 0 Å². The van der Waals surface area contributed by atoms with Gasteiger partial charge in [0.2, 0.25) is 0 Å². The van der Waals surface area contributed by atoms with Gasteiger partial charge in [-0.05, 0) is 63.4 Å². The standard InChI is InChI=1S/C30H32N4O/c1-21-7-6-8-24(17-21)20-34-15-13-23(14-16-34)19-31-30(35)28-26-18-22(2)11-12-27(26)32-33-29(28)25-9-4-3-5-10-25/h3-12,17-18,23H,13-16,19-20H2,1-2H3,(H,31,35). The summed E-state index contributed by atoms with van der Waals surface area (Å²) < 4.78 is 0. The van der Waals surface area contributed by atoms with Crippen LogP contribution in [0, 0.1) is 19.8 Å². The van der Waals surface area contributed by atoms with Crippen LogP contribution in [0.2, 0.25) is 0 Å². The molecule has 1 aliphatic heterocycles. The molecule has 0 spiro atoms. The Morgan fingerprint density at radius 2 is 1.69 bits per heavy atom. The largest absolute Gasteiger partial charge is 0.352 e. The second-order valence-electron chi connectivity index (χ2n) is 9.73. The third-order valence-corrected chi connectivity index (χ3v) is 6.94. The molecule has 1 aliphatic rings. The molecule has 3 aromatic carbocycles. The summed E-state index contributed by atoms with van der Waals surface area (Å²) in [6.07, 6.45) is 2.18. The van der Waals surface area contributed by atoms with Crippen molar-refractivity contribution in [2.75, 3.05) is 19.6 Å². The van der Waals surface area contributed by atoms with Crippen molar-refractivity contribution in [1.29, 1.82) is 0 Å². The van der Waals surface area contributed by atoms with Gasteiger partial charge < -0.3 is 5.32 Å². The Balaban J connectivity index is 1.28. The molecular weight excluding hydrogens is 432 g/mol. The molecular formula is C30H32N4O. The van der Waals surface area contributed by atoms with Crippen LogP contribution in [0.25, 0.3) is 22.2 Å². The second-order valence-corrected chi connectivity index (χ2v) is 9.73. The molecule has 5 rings (SSSR count). The summed E-state index contributed by atoms with van der Waals surface area (Å²) in [5.41, 5.74) is 6.67. The normalized spacial score (nSPS) is 14.8. The number of rotatable bonds is 6. The Morgan fingerprint density at radius 3 is 2.46 bits per heavy atom. The second kappa shape index (κ2) is 10.4. The lowest BCUT2D eigenvalue weighted by Gasteiger charge is -2.32. The first-order chi connectivity index (χ1) is 17.1. The molecule has 0 bridgehead atoms. The number of aryl methyl sites for hydroxylation is 2. The Bertz CT molecular complexity index is 1330. The van der Waals surface area contributed by atoms with Crippen LogP contribution in [-0.2, 0) is 6.54 Å². The fourth-order valence-electron chi connectivity index (χ4n) is 4.99. The van der Waals surface area contributed by atoms with Gasteiger partial charge in [0.25, 0.3) is 5.91 Å². The van der Waals surface area contributed by atoms with Gasteiger partial charge in [-0.15, -0.1) is 10.2 Å². The van der Waals surface area contributed by atoms with E-state index >= 15 is 0 Å². The lowest BCUT2D eigenvalue weighted by molar-refractivity contribution is 0.0937. The first-order valence-corrected chi connectivity index (χ1v) is 12.5. The van der Waals surface area contributed by atoms with Gasteiger partial charge in [0, 0.05) is 24.0 Å². The van der Waals surface area contributed by atoms with Crippen LogP contribution in [0.15, 0.2) is 72.8 Å². The molecule has 0 radical (unpaired) electrons. The van der Waals surface area contributed by atoms with Crippen LogP contribution < -0.4 is 5.32 Å². The van der Waals surface area contributed by atoms with Crippen LogP contribution in [0.4, 0.5) is 0 Å². The minimum atomic E-state index is -0.0726. The summed E-state index contributed by atoms with van der Waals surface area (Å²) in [5, 5.41) is 13.0. The lowest BCUT2D eigenvalue weighted by atomic mass is 9.95. The van der Waals surface area contributed by atoms with Crippen LogP contribution >= 0.6 is 0 Å². The van der Waals surface area contributed by atoms with Crippen molar-refractivity contribution in [3.63, 3.8) is 0 Å². The number of piperidine rings is 1. The van der Waals surface area contributed by atoms with Crippen molar-refractivity contribution >= 4 is 16.8 Å². The van der Waals surface area contributed by atoms with E-state index in [4.69, 9.17) is 0 Å². The predicted octanol–water partition coefficient (Wildman–Crippen LogP) is 5.56. The molecule has 1 N–H and O–H groups in total. The fraction of sp³-hybridized carbons (Fsp3) is 0.300. The van der Waals surface area contributed by atoms with Gasteiger partial charge in [0.1, 0.15) is 5.69 Å². The summed E-state index contributed by atoms with van der Waals surface area (Å²) >= 11 is 0. The average Bonchev–Trinajstić information content (AvgIpc) is 2.88. The first kappa shape index (κ1) is 23.2. The highest BCUT2D eigenvalue weighted by atomic mass is 16.1. The third kappa shape index (κ3) is 5.41. The Morgan fingerprint density at radius 1 is 0.914 bits per heavy atom. The van der Waals surface area contributed by atoms with Gasteiger partial charge in [0.05, 0.1) is 11.1 Å². The van der Waals surface area contributed by atoms with Crippen LogP contribution in [0.3, 0.4) is 0 Å². The smallest absolute Gasteiger partial charge is 0.254 e. The number of aromatic nitrogens is 2. The zero-order valence-electron chi connectivity index (χ0n) is 20.5. The topological polar surface area (TPSA) is 58.1 Å². The van der Waals surface area contributed by atoms with Gasteiger partial charge in [-0.1, -0.05) is 71.8 Å². The van der Waals surface area contributed by atoms with E-state index in [0.29, 0.717) is 23.7 Å². The molecule has 1 aromatic heterocycles. The fourth-order valence-corrected chi connectivity index (χ4v) is 4.99. The maximum absolute atomic E-state index is 13.6. The molecule has 0 aliphatic carbocycles. The molecule has 0 unspecified atom stereocenters.